The van der Waals surface area contributed by atoms with Crippen LogP contribution >= 0.6 is 0 Å². The maximum atomic E-state index is 2.18. The van der Waals surface area contributed by atoms with E-state index in [1.807, 2.05) is 0 Å². The number of aryl methyl sites for hydroxylation is 1. The van der Waals surface area contributed by atoms with Crippen molar-refractivity contribution in [1.29, 1.82) is 0 Å². The van der Waals surface area contributed by atoms with Gasteiger partial charge in [0.2, 0.25) is 0 Å². The van der Waals surface area contributed by atoms with Crippen LogP contribution in [0.2, 0.25) is 0 Å². The number of hydrogen-bond acceptors (Lipinski definition) is 0. The van der Waals surface area contributed by atoms with Crippen molar-refractivity contribution < 1.29 is 0 Å². The highest BCUT2D eigenvalue weighted by atomic mass is 13.9. The van der Waals surface area contributed by atoms with Gasteiger partial charge in [0.25, 0.3) is 0 Å². The number of hydrogen-bond donors (Lipinski definition) is 0. The highest BCUT2D eigenvalue weighted by molar-refractivity contribution is 6.33. The smallest absolute Gasteiger partial charge is 0.0858 e. The molecule has 0 N–H and O–H groups in total. The molecule has 0 aliphatic heterocycles. The van der Waals surface area contributed by atoms with Crippen molar-refractivity contribution >= 4 is 13.3 Å². The molecule has 0 heterocycles. The second-order valence-electron chi connectivity index (χ2n) is 2.28. The zero-order chi connectivity index (χ0) is 6.69. The van der Waals surface area contributed by atoms with E-state index in [0.717, 1.165) is 6.42 Å². The topological polar surface area (TPSA) is 0 Å². The summed E-state index contributed by atoms with van der Waals surface area (Å²) in [5.74, 6) is 0. The Morgan fingerprint density at radius 3 is 2.44 bits per heavy atom. The van der Waals surface area contributed by atoms with Crippen molar-refractivity contribution in [3.63, 3.8) is 0 Å². The summed E-state index contributed by atoms with van der Waals surface area (Å²) in [6, 6.07) is 8.49. The van der Waals surface area contributed by atoms with E-state index in [4.69, 9.17) is 0 Å². The zero-order valence-corrected chi connectivity index (χ0v) is 6.02. The second-order valence-corrected chi connectivity index (χ2v) is 2.28. The average molecular weight is 118 g/mol. The van der Waals surface area contributed by atoms with Crippen LogP contribution in [0.3, 0.4) is 0 Å². The Kier molecular flexibility index (Phi) is 1.94. The minimum Gasteiger partial charge on any atom is -0.0858 e. The summed E-state index contributed by atoms with van der Waals surface area (Å²) in [6.45, 7) is 2.18. The van der Waals surface area contributed by atoms with Gasteiger partial charge in [0, 0.05) is 0 Å². The molecule has 0 saturated carbocycles. The Labute approximate surface area is 57.3 Å². The molecule has 0 atom stereocenters. The molecule has 0 bridgehead atoms. The first kappa shape index (κ1) is 6.41. The first-order valence-corrected chi connectivity index (χ1v) is 3.39. The van der Waals surface area contributed by atoms with E-state index in [9.17, 15) is 0 Å². The lowest BCUT2D eigenvalue weighted by Gasteiger charge is -1.98. The van der Waals surface area contributed by atoms with Crippen molar-refractivity contribution in [2.75, 3.05) is 0 Å². The van der Waals surface area contributed by atoms with Gasteiger partial charge in [-0.1, -0.05) is 42.2 Å². The molecule has 0 unspecified atom stereocenters. The van der Waals surface area contributed by atoms with Gasteiger partial charge < -0.3 is 0 Å². The molecule has 1 aromatic carbocycles. The Balaban J connectivity index is 3.01. The van der Waals surface area contributed by atoms with Gasteiger partial charge in [-0.25, -0.2) is 0 Å². The molecular formula is C8H11B. The van der Waals surface area contributed by atoms with Gasteiger partial charge in [0.1, 0.15) is 7.85 Å². The number of rotatable bonds is 1. The molecule has 0 amide bonds. The van der Waals surface area contributed by atoms with Crippen LogP contribution in [0, 0.1) is 0 Å². The van der Waals surface area contributed by atoms with Crippen LogP contribution in [-0.4, -0.2) is 7.85 Å². The maximum absolute atomic E-state index is 2.18. The zero-order valence-electron chi connectivity index (χ0n) is 6.02. The molecule has 0 aliphatic carbocycles. The van der Waals surface area contributed by atoms with E-state index in [1.165, 1.54) is 11.0 Å². The second kappa shape index (κ2) is 2.72. The van der Waals surface area contributed by atoms with Crippen molar-refractivity contribution in [1.82, 2.24) is 0 Å². The molecule has 0 aliphatic rings. The van der Waals surface area contributed by atoms with Crippen molar-refractivity contribution in [2.45, 2.75) is 13.3 Å². The monoisotopic (exact) mass is 118 g/mol. The molecular weight excluding hydrogens is 107 g/mol. The standard InChI is InChI=1S/C8H11B/c1-2-7-5-3-4-6-8(7)9/h3-6H,2,9H2,1H3. The van der Waals surface area contributed by atoms with Crippen molar-refractivity contribution in [3.8, 4) is 0 Å². The third kappa shape index (κ3) is 1.35. The van der Waals surface area contributed by atoms with E-state index in [2.05, 4.69) is 39.0 Å². The van der Waals surface area contributed by atoms with Crippen LogP contribution in [0.15, 0.2) is 24.3 Å². The summed E-state index contributed by atoms with van der Waals surface area (Å²) in [5.41, 5.74) is 2.86. The summed E-state index contributed by atoms with van der Waals surface area (Å²) < 4.78 is 0. The third-order valence-electron chi connectivity index (χ3n) is 1.64. The third-order valence-corrected chi connectivity index (χ3v) is 1.64. The fourth-order valence-electron chi connectivity index (χ4n) is 1.01. The van der Waals surface area contributed by atoms with Gasteiger partial charge in [-0.2, -0.15) is 0 Å². The molecule has 1 aromatic rings. The SMILES string of the molecule is Bc1ccccc1CC. The Bertz CT molecular complexity index is 194. The van der Waals surface area contributed by atoms with Crippen LogP contribution in [0.5, 0.6) is 0 Å². The summed E-state index contributed by atoms with van der Waals surface area (Å²) in [5, 5.41) is 0. The molecule has 0 fully saturated rings. The largest absolute Gasteiger partial charge is 0.139 e. The van der Waals surface area contributed by atoms with E-state index < -0.39 is 0 Å². The minimum absolute atomic E-state index is 1.15. The normalized spacial score (nSPS) is 9.44. The highest BCUT2D eigenvalue weighted by Gasteiger charge is 1.89. The van der Waals surface area contributed by atoms with Gasteiger partial charge >= 0.3 is 0 Å². The average Bonchev–Trinajstić information content (AvgIpc) is 1.89. The van der Waals surface area contributed by atoms with Gasteiger partial charge in [-0.15, -0.1) is 0 Å². The van der Waals surface area contributed by atoms with Crippen LogP contribution in [-0.2, 0) is 6.42 Å². The molecule has 0 saturated heterocycles. The van der Waals surface area contributed by atoms with Gasteiger partial charge in [0.05, 0.1) is 0 Å². The van der Waals surface area contributed by atoms with Gasteiger partial charge in [0.15, 0.2) is 0 Å². The van der Waals surface area contributed by atoms with E-state index >= 15 is 0 Å². The summed E-state index contributed by atoms with van der Waals surface area (Å²) in [4.78, 5) is 0. The van der Waals surface area contributed by atoms with Gasteiger partial charge in [-0.3, -0.25) is 0 Å². The van der Waals surface area contributed by atoms with E-state index in [1.54, 1.807) is 0 Å². The van der Waals surface area contributed by atoms with Crippen LogP contribution in [0.1, 0.15) is 12.5 Å². The molecule has 0 spiro atoms. The summed E-state index contributed by atoms with van der Waals surface area (Å²) in [6.07, 6.45) is 1.15. The number of benzene rings is 1. The Hall–Kier alpha value is -0.715. The molecule has 0 nitrogen and oxygen atoms in total. The quantitative estimate of drug-likeness (QED) is 0.471. The van der Waals surface area contributed by atoms with E-state index in [0.29, 0.717) is 0 Å². The molecule has 46 valence electrons. The molecule has 9 heavy (non-hydrogen) atoms. The summed E-state index contributed by atoms with van der Waals surface area (Å²) in [7, 11) is 2.15. The summed E-state index contributed by atoms with van der Waals surface area (Å²) >= 11 is 0. The first-order chi connectivity index (χ1) is 4.34. The molecule has 0 aromatic heterocycles. The molecule has 0 radical (unpaired) electrons. The van der Waals surface area contributed by atoms with Crippen LogP contribution < -0.4 is 5.46 Å². The highest BCUT2D eigenvalue weighted by Crippen LogP contribution is 1.93. The lowest BCUT2D eigenvalue weighted by Crippen LogP contribution is -2.07. The fourth-order valence-corrected chi connectivity index (χ4v) is 1.01. The van der Waals surface area contributed by atoms with Crippen molar-refractivity contribution in [2.24, 2.45) is 0 Å². The van der Waals surface area contributed by atoms with E-state index in [-0.39, 0.29) is 0 Å². The fraction of sp³-hybridized carbons (Fsp3) is 0.250. The van der Waals surface area contributed by atoms with Gasteiger partial charge in [-0.05, 0) is 6.42 Å². The predicted molar refractivity (Wildman–Crippen MR) is 44.0 cm³/mol. The Morgan fingerprint density at radius 1 is 1.33 bits per heavy atom. The predicted octanol–water partition coefficient (Wildman–Crippen LogP) is 0.507. The lowest BCUT2D eigenvalue weighted by molar-refractivity contribution is 1.15. The Morgan fingerprint density at radius 2 is 2.00 bits per heavy atom. The molecule has 1 heteroatoms. The van der Waals surface area contributed by atoms with Crippen LogP contribution in [0.25, 0.3) is 0 Å². The lowest BCUT2D eigenvalue weighted by atomic mass is 9.90. The van der Waals surface area contributed by atoms with Crippen LogP contribution in [0.4, 0.5) is 0 Å². The van der Waals surface area contributed by atoms with Crippen molar-refractivity contribution in [3.05, 3.63) is 29.8 Å². The minimum atomic E-state index is 1.15. The maximum Gasteiger partial charge on any atom is 0.139 e. The first-order valence-electron chi connectivity index (χ1n) is 3.39. The molecule has 1 rings (SSSR count).